The lowest BCUT2D eigenvalue weighted by molar-refractivity contribution is 0.319. The summed E-state index contributed by atoms with van der Waals surface area (Å²) in [5, 5.41) is 0. The van der Waals surface area contributed by atoms with Gasteiger partial charge in [-0.25, -0.2) is 0 Å². The van der Waals surface area contributed by atoms with Crippen molar-refractivity contribution in [3.05, 3.63) is 24.3 Å². The highest BCUT2D eigenvalue weighted by atomic mass is 33.5. The Hall–Kier alpha value is -1.71. The van der Waals surface area contributed by atoms with Gasteiger partial charge < -0.3 is 28.4 Å². The van der Waals surface area contributed by atoms with Gasteiger partial charge in [-0.15, -0.1) is 0 Å². The monoisotopic (exact) mass is 430 g/mol. The van der Waals surface area contributed by atoms with Gasteiger partial charge in [-0.2, -0.15) is 0 Å². The smallest absolute Gasteiger partial charge is 0.204 e. The SMILES string of the molecule is COc1ccc(SSSc2ccc(OC)c(OC)c2OC)c(OC)c1OC. The van der Waals surface area contributed by atoms with Crippen LogP contribution in [-0.2, 0) is 0 Å². The Kier molecular flexibility index (Phi) is 8.46. The van der Waals surface area contributed by atoms with E-state index in [2.05, 4.69) is 0 Å². The fraction of sp³-hybridized carbons (Fsp3) is 0.333. The second-order valence-corrected chi connectivity index (χ2v) is 8.88. The summed E-state index contributed by atoms with van der Waals surface area (Å²) in [6, 6.07) is 7.58. The van der Waals surface area contributed by atoms with Crippen LogP contribution < -0.4 is 28.4 Å². The number of rotatable bonds is 10. The predicted molar refractivity (Wildman–Crippen MR) is 112 cm³/mol. The van der Waals surface area contributed by atoms with Crippen molar-refractivity contribution in [3.8, 4) is 34.5 Å². The molecule has 0 N–H and O–H groups in total. The largest absolute Gasteiger partial charge is 0.493 e. The van der Waals surface area contributed by atoms with Gasteiger partial charge in [-0.3, -0.25) is 0 Å². The maximum absolute atomic E-state index is 5.51. The first-order valence-electron chi connectivity index (χ1n) is 7.74. The third-order valence-electron chi connectivity index (χ3n) is 3.58. The standard InChI is InChI=1S/C18H22O6S3/c1-19-11-7-9-13(17(23-5)15(11)21-3)25-27-26-14-10-8-12(20-2)16(22-4)18(14)24-6/h7-10H,1-6H3. The van der Waals surface area contributed by atoms with E-state index in [-0.39, 0.29) is 0 Å². The Bertz CT molecular complexity index is 706. The molecular weight excluding hydrogens is 408 g/mol. The van der Waals surface area contributed by atoms with E-state index in [9.17, 15) is 0 Å². The quantitative estimate of drug-likeness (QED) is 0.474. The minimum absolute atomic E-state index is 0.569. The molecule has 0 aliphatic rings. The van der Waals surface area contributed by atoms with Gasteiger partial charge in [0.15, 0.2) is 23.0 Å². The second-order valence-electron chi connectivity index (χ2n) is 4.90. The van der Waals surface area contributed by atoms with Crippen LogP contribution in [0.2, 0.25) is 0 Å². The summed E-state index contributed by atoms with van der Waals surface area (Å²) in [5.41, 5.74) is 0. The molecule has 27 heavy (non-hydrogen) atoms. The van der Waals surface area contributed by atoms with Gasteiger partial charge in [0.05, 0.1) is 52.4 Å². The van der Waals surface area contributed by atoms with Crippen molar-refractivity contribution >= 4 is 31.4 Å². The zero-order valence-electron chi connectivity index (χ0n) is 16.0. The lowest BCUT2D eigenvalue weighted by Crippen LogP contribution is -1.96. The van der Waals surface area contributed by atoms with Crippen molar-refractivity contribution < 1.29 is 28.4 Å². The average Bonchev–Trinajstić information content (AvgIpc) is 2.72. The van der Waals surface area contributed by atoms with Crippen molar-refractivity contribution in [2.24, 2.45) is 0 Å². The van der Waals surface area contributed by atoms with Crippen LogP contribution in [0.5, 0.6) is 34.5 Å². The molecule has 0 spiro atoms. The third kappa shape index (κ3) is 4.77. The van der Waals surface area contributed by atoms with Crippen molar-refractivity contribution in [1.82, 2.24) is 0 Å². The van der Waals surface area contributed by atoms with Crippen molar-refractivity contribution in [3.63, 3.8) is 0 Å². The van der Waals surface area contributed by atoms with E-state index < -0.39 is 0 Å². The molecule has 0 unspecified atom stereocenters. The van der Waals surface area contributed by atoms with Gasteiger partial charge in [0.2, 0.25) is 11.5 Å². The molecule has 0 fully saturated rings. The van der Waals surface area contributed by atoms with Crippen LogP contribution in [0.15, 0.2) is 34.1 Å². The Morgan fingerprint density at radius 3 is 1.15 bits per heavy atom. The number of hydrogen-bond donors (Lipinski definition) is 0. The van der Waals surface area contributed by atoms with Gasteiger partial charge in [0.1, 0.15) is 0 Å². The Labute approximate surface area is 171 Å². The molecule has 148 valence electrons. The fourth-order valence-electron chi connectivity index (χ4n) is 2.37. The Morgan fingerprint density at radius 1 is 0.481 bits per heavy atom. The van der Waals surface area contributed by atoms with Crippen molar-refractivity contribution in [2.75, 3.05) is 42.7 Å². The highest BCUT2D eigenvalue weighted by molar-refractivity contribution is 9.09. The normalized spacial score (nSPS) is 10.3. The lowest BCUT2D eigenvalue weighted by Gasteiger charge is -2.16. The van der Waals surface area contributed by atoms with E-state index in [0.717, 1.165) is 9.79 Å². The molecule has 0 aliphatic carbocycles. The number of hydrogen-bond acceptors (Lipinski definition) is 9. The van der Waals surface area contributed by atoms with Crippen LogP contribution in [0, 0.1) is 0 Å². The Balaban J connectivity index is 2.20. The van der Waals surface area contributed by atoms with Crippen molar-refractivity contribution in [2.45, 2.75) is 9.79 Å². The van der Waals surface area contributed by atoms with Gasteiger partial charge >= 0.3 is 0 Å². The topological polar surface area (TPSA) is 55.4 Å². The number of ether oxygens (including phenoxy) is 6. The molecule has 2 aromatic carbocycles. The molecule has 0 amide bonds. The van der Waals surface area contributed by atoms with Gasteiger partial charge in [0.25, 0.3) is 0 Å². The zero-order chi connectivity index (χ0) is 19.8. The number of benzene rings is 2. The first-order chi connectivity index (χ1) is 13.1. The van der Waals surface area contributed by atoms with Gasteiger partial charge in [-0.1, -0.05) is 0 Å². The molecule has 6 nitrogen and oxygen atoms in total. The van der Waals surface area contributed by atoms with E-state index in [4.69, 9.17) is 28.4 Å². The lowest BCUT2D eigenvalue weighted by atomic mass is 10.3. The van der Waals surface area contributed by atoms with E-state index in [0.29, 0.717) is 34.5 Å². The average molecular weight is 431 g/mol. The Morgan fingerprint density at radius 2 is 0.852 bits per heavy atom. The highest BCUT2D eigenvalue weighted by Gasteiger charge is 2.19. The maximum Gasteiger partial charge on any atom is 0.204 e. The summed E-state index contributed by atoms with van der Waals surface area (Å²) in [5.74, 6) is 3.65. The molecule has 9 heteroatoms. The molecule has 0 atom stereocenters. The van der Waals surface area contributed by atoms with Crippen molar-refractivity contribution in [1.29, 1.82) is 0 Å². The summed E-state index contributed by atoms with van der Waals surface area (Å²) < 4.78 is 32.5. The van der Waals surface area contributed by atoms with Gasteiger partial charge in [-0.05, 0) is 55.7 Å². The van der Waals surface area contributed by atoms with E-state index in [1.807, 2.05) is 24.3 Å². The molecule has 0 aliphatic heterocycles. The summed E-state index contributed by atoms with van der Waals surface area (Å²) >= 11 is 0. The minimum Gasteiger partial charge on any atom is -0.493 e. The summed E-state index contributed by atoms with van der Waals surface area (Å²) in [6.45, 7) is 0. The second kappa shape index (κ2) is 10.6. The van der Waals surface area contributed by atoms with Crippen LogP contribution >= 0.6 is 31.4 Å². The van der Waals surface area contributed by atoms with E-state index >= 15 is 0 Å². The summed E-state index contributed by atoms with van der Waals surface area (Å²) in [4.78, 5) is 1.85. The molecule has 0 saturated heterocycles. The molecule has 0 heterocycles. The van der Waals surface area contributed by atoms with Crippen LogP contribution in [-0.4, -0.2) is 42.7 Å². The highest BCUT2D eigenvalue weighted by Crippen LogP contribution is 2.54. The third-order valence-corrected chi connectivity index (χ3v) is 7.43. The van der Waals surface area contributed by atoms with Crippen LogP contribution in [0.4, 0.5) is 0 Å². The first-order valence-corrected chi connectivity index (χ1v) is 11.2. The van der Waals surface area contributed by atoms with E-state index in [1.165, 1.54) is 0 Å². The minimum atomic E-state index is 0.569. The van der Waals surface area contributed by atoms with E-state index in [1.54, 1.807) is 74.1 Å². The van der Waals surface area contributed by atoms with Crippen LogP contribution in [0.1, 0.15) is 0 Å². The van der Waals surface area contributed by atoms with Gasteiger partial charge in [0, 0.05) is 0 Å². The molecule has 2 rings (SSSR count). The predicted octanol–water partition coefficient (Wildman–Crippen LogP) is 5.19. The molecule has 2 aromatic rings. The van der Waals surface area contributed by atoms with Crippen LogP contribution in [0.25, 0.3) is 0 Å². The molecule has 0 bridgehead atoms. The molecule has 0 saturated carbocycles. The maximum atomic E-state index is 5.51. The zero-order valence-corrected chi connectivity index (χ0v) is 18.4. The van der Waals surface area contributed by atoms with Crippen LogP contribution in [0.3, 0.4) is 0 Å². The molecule has 0 radical (unpaired) electrons. The summed E-state index contributed by atoms with van der Waals surface area (Å²) in [6.07, 6.45) is 0. The number of methoxy groups -OCH3 is 6. The molecular formula is C18H22O6S3. The summed E-state index contributed by atoms with van der Waals surface area (Å²) in [7, 11) is 14.2. The molecule has 0 aromatic heterocycles. The fourth-order valence-corrected chi connectivity index (χ4v) is 6.26. The first kappa shape index (κ1) is 21.6.